The topological polar surface area (TPSA) is 23.6 Å². The summed E-state index contributed by atoms with van der Waals surface area (Å²) in [4.78, 5) is 17.4. The molecule has 0 N–H and O–H groups in total. The molecule has 0 aromatic heterocycles. The van der Waals surface area contributed by atoms with E-state index in [-0.39, 0.29) is 5.91 Å². The standard InChI is InChI=1S/C14H20N2OS/c1-15(2)12-4-3-9-16(10-12)14(17)11-5-7-13(18)8-6-11/h5-8,12,18H,3-4,9-10H2,1-2H3. The molecule has 1 aliphatic heterocycles. The number of likely N-dealkylation sites (N-methyl/N-ethyl adjacent to an activating group) is 1. The quantitative estimate of drug-likeness (QED) is 0.827. The summed E-state index contributed by atoms with van der Waals surface area (Å²) < 4.78 is 0. The van der Waals surface area contributed by atoms with Crippen LogP contribution < -0.4 is 0 Å². The predicted molar refractivity (Wildman–Crippen MR) is 76.3 cm³/mol. The van der Waals surface area contributed by atoms with E-state index in [0.29, 0.717) is 6.04 Å². The summed E-state index contributed by atoms with van der Waals surface area (Å²) in [5, 5.41) is 0. The molecule has 1 aromatic rings. The molecule has 1 fully saturated rings. The summed E-state index contributed by atoms with van der Waals surface area (Å²) >= 11 is 4.24. The Balaban J connectivity index is 2.06. The van der Waals surface area contributed by atoms with Crippen molar-refractivity contribution in [1.29, 1.82) is 0 Å². The van der Waals surface area contributed by atoms with Crippen LogP contribution in [0.4, 0.5) is 0 Å². The summed E-state index contributed by atoms with van der Waals surface area (Å²) in [7, 11) is 4.16. The summed E-state index contributed by atoms with van der Waals surface area (Å²) in [6.45, 7) is 1.69. The molecule has 0 saturated carbocycles. The maximum atomic E-state index is 12.4. The lowest BCUT2D eigenvalue weighted by atomic mass is 10.0. The third-order valence-electron chi connectivity index (χ3n) is 3.53. The molecule has 1 aliphatic rings. The van der Waals surface area contributed by atoms with Gasteiger partial charge in [0.15, 0.2) is 0 Å². The van der Waals surface area contributed by atoms with Crippen molar-refractivity contribution in [3.8, 4) is 0 Å². The fraction of sp³-hybridized carbons (Fsp3) is 0.500. The minimum absolute atomic E-state index is 0.134. The third kappa shape index (κ3) is 3.06. The number of nitrogens with zero attached hydrogens (tertiary/aromatic N) is 2. The Morgan fingerprint density at radius 2 is 2.00 bits per heavy atom. The monoisotopic (exact) mass is 264 g/mol. The van der Waals surface area contributed by atoms with Gasteiger partial charge in [0.05, 0.1) is 0 Å². The van der Waals surface area contributed by atoms with Gasteiger partial charge in [0.2, 0.25) is 0 Å². The maximum Gasteiger partial charge on any atom is 0.253 e. The summed E-state index contributed by atoms with van der Waals surface area (Å²) in [6, 6.07) is 7.91. The van der Waals surface area contributed by atoms with E-state index in [1.54, 1.807) is 0 Å². The van der Waals surface area contributed by atoms with Crippen molar-refractivity contribution in [2.75, 3.05) is 27.2 Å². The number of hydrogen-bond donors (Lipinski definition) is 1. The van der Waals surface area contributed by atoms with Crippen molar-refractivity contribution in [2.45, 2.75) is 23.8 Å². The Hall–Kier alpha value is -1.00. The van der Waals surface area contributed by atoms with E-state index in [1.165, 1.54) is 6.42 Å². The minimum Gasteiger partial charge on any atom is -0.337 e. The van der Waals surface area contributed by atoms with Gasteiger partial charge in [0.1, 0.15) is 0 Å². The van der Waals surface area contributed by atoms with Crippen LogP contribution >= 0.6 is 12.6 Å². The molecule has 1 saturated heterocycles. The predicted octanol–water partition coefficient (Wildman–Crippen LogP) is 2.14. The number of rotatable bonds is 2. The van der Waals surface area contributed by atoms with Gasteiger partial charge in [0, 0.05) is 29.6 Å². The molecule has 1 unspecified atom stereocenters. The van der Waals surface area contributed by atoms with Gasteiger partial charge < -0.3 is 9.80 Å². The fourth-order valence-corrected chi connectivity index (χ4v) is 2.50. The highest BCUT2D eigenvalue weighted by atomic mass is 32.1. The van der Waals surface area contributed by atoms with Crippen molar-refractivity contribution < 1.29 is 4.79 Å². The van der Waals surface area contributed by atoms with Crippen LogP contribution in [0, 0.1) is 0 Å². The van der Waals surface area contributed by atoms with E-state index in [4.69, 9.17) is 0 Å². The Bertz CT molecular complexity index is 416. The van der Waals surface area contributed by atoms with Gasteiger partial charge >= 0.3 is 0 Å². The molecule has 0 bridgehead atoms. The second-order valence-corrected chi connectivity index (χ2v) is 5.57. The third-order valence-corrected chi connectivity index (χ3v) is 3.83. The molecule has 1 atom stereocenters. The smallest absolute Gasteiger partial charge is 0.253 e. The average Bonchev–Trinajstić information content (AvgIpc) is 2.39. The second-order valence-electron chi connectivity index (χ2n) is 5.06. The normalized spacial score (nSPS) is 20.2. The summed E-state index contributed by atoms with van der Waals surface area (Å²) in [5.74, 6) is 0.134. The van der Waals surface area contributed by atoms with Gasteiger partial charge in [-0.25, -0.2) is 0 Å². The van der Waals surface area contributed by atoms with Crippen molar-refractivity contribution in [1.82, 2.24) is 9.80 Å². The number of thiol groups is 1. The molecule has 3 nitrogen and oxygen atoms in total. The number of carbonyl (C=O) groups excluding carboxylic acids is 1. The van der Waals surface area contributed by atoms with Crippen molar-refractivity contribution in [3.63, 3.8) is 0 Å². The number of piperidine rings is 1. The Morgan fingerprint density at radius 3 is 2.61 bits per heavy atom. The van der Waals surface area contributed by atoms with Crippen molar-refractivity contribution >= 4 is 18.5 Å². The van der Waals surface area contributed by atoms with Crippen LogP contribution in [-0.4, -0.2) is 48.9 Å². The van der Waals surface area contributed by atoms with E-state index < -0.39 is 0 Å². The fourth-order valence-electron chi connectivity index (χ4n) is 2.35. The number of hydrogen-bond acceptors (Lipinski definition) is 3. The van der Waals surface area contributed by atoms with Crippen LogP contribution in [0.25, 0.3) is 0 Å². The van der Waals surface area contributed by atoms with Crippen LogP contribution in [0.15, 0.2) is 29.2 Å². The van der Waals surface area contributed by atoms with Gasteiger partial charge in [-0.15, -0.1) is 12.6 Å². The number of likely N-dealkylation sites (tertiary alicyclic amines) is 1. The molecule has 4 heteroatoms. The lowest BCUT2D eigenvalue weighted by molar-refractivity contribution is 0.0635. The zero-order valence-electron chi connectivity index (χ0n) is 11.0. The highest BCUT2D eigenvalue weighted by molar-refractivity contribution is 7.80. The first-order valence-corrected chi connectivity index (χ1v) is 6.77. The van der Waals surface area contributed by atoms with Gasteiger partial charge in [-0.3, -0.25) is 4.79 Å². The average molecular weight is 264 g/mol. The van der Waals surface area contributed by atoms with Crippen LogP contribution in [-0.2, 0) is 0 Å². The minimum atomic E-state index is 0.134. The largest absolute Gasteiger partial charge is 0.337 e. The van der Waals surface area contributed by atoms with Crippen LogP contribution in [0.3, 0.4) is 0 Å². The first-order chi connectivity index (χ1) is 8.58. The van der Waals surface area contributed by atoms with Crippen molar-refractivity contribution in [3.05, 3.63) is 29.8 Å². The first kappa shape index (κ1) is 13.4. The molecule has 1 heterocycles. The SMILES string of the molecule is CN(C)C1CCCN(C(=O)c2ccc(S)cc2)C1. The highest BCUT2D eigenvalue weighted by Gasteiger charge is 2.25. The Kier molecular flexibility index (Phi) is 4.30. The van der Waals surface area contributed by atoms with Gasteiger partial charge in [0.25, 0.3) is 5.91 Å². The molecule has 0 radical (unpaired) electrons. The lowest BCUT2D eigenvalue weighted by Crippen LogP contribution is -2.47. The van der Waals surface area contributed by atoms with E-state index in [9.17, 15) is 4.79 Å². The molecular weight excluding hydrogens is 244 g/mol. The van der Waals surface area contributed by atoms with E-state index in [2.05, 4.69) is 31.6 Å². The molecule has 0 aliphatic carbocycles. The van der Waals surface area contributed by atoms with Crippen LogP contribution in [0.1, 0.15) is 23.2 Å². The number of carbonyl (C=O) groups is 1. The summed E-state index contributed by atoms with van der Waals surface area (Å²) in [6.07, 6.45) is 2.26. The molecule has 2 rings (SSSR count). The Labute approximate surface area is 114 Å². The van der Waals surface area contributed by atoms with Crippen LogP contribution in [0.5, 0.6) is 0 Å². The first-order valence-electron chi connectivity index (χ1n) is 6.32. The second kappa shape index (κ2) is 5.76. The van der Waals surface area contributed by atoms with Crippen LogP contribution in [0.2, 0.25) is 0 Å². The van der Waals surface area contributed by atoms with E-state index >= 15 is 0 Å². The summed E-state index contributed by atoms with van der Waals surface area (Å²) in [5.41, 5.74) is 0.757. The van der Waals surface area contributed by atoms with E-state index in [1.807, 2.05) is 29.2 Å². The van der Waals surface area contributed by atoms with Crippen molar-refractivity contribution in [2.24, 2.45) is 0 Å². The molecular formula is C14H20N2OS. The molecule has 98 valence electrons. The zero-order valence-corrected chi connectivity index (χ0v) is 11.9. The maximum absolute atomic E-state index is 12.4. The van der Waals surface area contributed by atoms with Gasteiger partial charge in [-0.2, -0.15) is 0 Å². The zero-order chi connectivity index (χ0) is 13.1. The molecule has 1 amide bonds. The number of benzene rings is 1. The van der Waals surface area contributed by atoms with Gasteiger partial charge in [-0.1, -0.05) is 0 Å². The highest BCUT2D eigenvalue weighted by Crippen LogP contribution is 2.17. The Morgan fingerprint density at radius 1 is 1.33 bits per heavy atom. The number of amides is 1. The van der Waals surface area contributed by atoms with E-state index in [0.717, 1.165) is 30.0 Å². The molecule has 0 spiro atoms. The lowest BCUT2D eigenvalue weighted by Gasteiger charge is -2.36. The molecule has 18 heavy (non-hydrogen) atoms. The molecule has 1 aromatic carbocycles. The van der Waals surface area contributed by atoms with Gasteiger partial charge in [-0.05, 0) is 51.2 Å².